The maximum absolute atomic E-state index is 13.6. The molecule has 0 fully saturated rings. The third kappa shape index (κ3) is 3.53. The number of carbonyl (C=O) groups is 1. The maximum atomic E-state index is 13.6. The van der Waals surface area contributed by atoms with E-state index in [4.69, 9.17) is 4.74 Å². The zero-order valence-electron chi connectivity index (χ0n) is 10.5. The maximum Gasteiger partial charge on any atom is 0.164 e. The molecule has 0 N–H and O–H groups in total. The van der Waals surface area contributed by atoms with Gasteiger partial charge < -0.3 is 9.64 Å². The normalized spacial score (nSPS) is 10.4. The largest absolute Gasteiger partial charge is 0.380 e. The number of anilines is 1. The lowest BCUT2D eigenvalue weighted by Crippen LogP contribution is -2.24. The van der Waals surface area contributed by atoms with E-state index in [9.17, 15) is 9.18 Å². The van der Waals surface area contributed by atoms with Crippen LogP contribution in [0.2, 0.25) is 0 Å². The molecule has 0 unspecified atom stereocenters. The van der Waals surface area contributed by atoms with Crippen molar-refractivity contribution in [2.75, 3.05) is 31.7 Å². The number of carbonyl (C=O) groups excluding carboxylic acids is 1. The van der Waals surface area contributed by atoms with E-state index in [-0.39, 0.29) is 11.3 Å². The number of Topliss-reactive ketones (excluding diaryl/α,β-unsaturated/α-hetero) is 1. The zero-order chi connectivity index (χ0) is 12.8. The van der Waals surface area contributed by atoms with Gasteiger partial charge in [0.1, 0.15) is 5.82 Å². The molecule has 1 aromatic carbocycles. The second kappa shape index (κ2) is 6.35. The molecule has 0 heterocycles. The summed E-state index contributed by atoms with van der Waals surface area (Å²) >= 11 is 0. The van der Waals surface area contributed by atoms with Crippen molar-refractivity contribution in [1.82, 2.24) is 0 Å². The van der Waals surface area contributed by atoms with Crippen LogP contribution in [0.5, 0.6) is 0 Å². The average Bonchev–Trinajstić information content (AvgIpc) is 2.28. The van der Waals surface area contributed by atoms with Gasteiger partial charge in [0.05, 0.1) is 17.9 Å². The van der Waals surface area contributed by atoms with Crippen molar-refractivity contribution < 1.29 is 13.9 Å². The lowest BCUT2D eigenvalue weighted by molar-refractivity contribution is 0.101. The van der Waals surface area contributed by atoms with E-state index >= 15 is 0 Å². The summed E-state index contributed by atoms with van der Waals surface area (Å²) in [6, 6.07) is 4.65. The van der Waals surface area contributed by atoms with E-state index in [2.05, 4.69) is 0 Å². The minimum atomic E-state index is -0.474. The Bertz CT molecular complexity index is 393. The molecule has 0 amide bonds. The first-order valence-corrected chi connectivity index (χ1v) is 5.66. The summed E-state index contributed by atoms with van der Waals surface area (Å²) in [5, 5.41) is 0. The Labute approximate surface area is 101 Å². The highest BCUT2D eigenvalue weighted by Crippen LogP contribution is 2.22. The number of hydrogen-bond acceptors (Lipinski definition) is 3. The number of hydrogen-bond donors (Lipinski definition) is 0. The number of likely N-dealkylation sites (N-methyl/N-ethyl adjacent to an activating group) is 1. The molecule has 94 valence electrons. The molecule has 0 aliphatic carbocycles. The fourth-order valence-electron chi connectivity index (χ4n) is 1.65. The number of ether oxygens (including phenoxy) is 1. The number of ketones is 1. The lowest BCUT2D eigenvalue weighted by Gasteiger charge is -2.21. The Morgan fingerprint density at radius 3 is 2.76 bits per heavy atom. The van der Waals surface area contributed by atoms with E-state index in [1.165, 1.54) is 13.0 Å². The van der Waals surface area contributed by atoms with Crippen LogP contribution in [0.3, 0.4) is 0 Å². The van der Waals surface area contributed by atoms with E-state index < -0.39 is 5.82 Å². The third-order valence-electron chi connectivity index (χ3n) is 2.53. The summed E-state index contributed by atoms with van der Waals surface area (Å²) in [6.45, 7) is 5.12. The molecular weight excluding hydrogens is 221 g/mol. The summed E-state index contributed by atoms with van der Waals surface area (Å²) in [7, 11) is 1.82. The monoisotopic (exact) mass is 239 g/mol. The Morgan fingerprint density at radius 2 is 2.18 bits per heavy atom. The molecule has 0 atom stereocenters. The zero-order valence-corrected chi connectivity index (χ0v) is 10.5. The van der Waals surface area contributed by atoms with Crippen molar-refractivity contribution in [3.63, 3.8) is 0 Å². The summed E-state index contributed by atoms with van der Waals surface area (Å²) in [5.41, 5.74) is 0.753. The van der Waals surface area contributed by atoms with Crippen molar-refractivity contribution in [1.29, 1.82) is 0 Å². The fraction of sp³-hybridized carbons (Fsp3) is 0.462. The van der Waals surface area contributed by atoms with E-state index in [1.54, 1.807) is 12.1 Å². The molecule has 0 aliphatic rings. The van der Waals surface area contributed by atoms with E-state index in [1.807, 2.05) is 18.9 Å². The summed E-state index contributed by atoms with van der Waals surface area (Å²) < 4.78 is 18.8. The number of halogens is 1. The molecule has 4 heteroatoms. The summed E-state index contributed by atoms with van der Waals surface area (Å²) in [5.74, 6) is -0.736. The molecule has 0 saturated carbocycles. The van der Waals surface area contributed by atoms with Crippen molar-refractivity contribution in [2.24, 2.45) is 0 Å². The van der Waals surface area contributed by atoms with Gasteiger partial charge in [-0.15, -0.1) is 0 Å². The van der Waals surface area contributed by atoms with Gasteiger partial charge in [-0.05, 0) is 26.0 Å². The number of benzene rings is 1. The highest BCUT2D eigenvalue weighted by Gasteiger charge is 2.15. The first-order valence-electron chi connectivity index (χ1n) is 5.66. The molecule has 0 radical (unpaired) electrons. The SMILES string of the molecule is CCOCCN(C)c1cccc(F)c1C(C)=O. The van der Waals surface area contributed by atoms with Crippen LogP contribution < -0.4 is 4.90 Å². The molecule has 0 bridgehead atoms. The van der Waals surface area contributed by atoms with Crippen LogP contribution in [0.25, 0.3) is 0 Å². The van der Waals surface area contributed by atoms with E-state index in [0.717, 1.165) is 0 Å². The first-order chi connectivity index (χ1) is 8.07. The van der Waals surface area contributed by atoms with Gasteiger partial charge in [0.25, 0.3) is 0 Å². The quantitative estimate of drug-likeness (QED) is 0.564. The molecule has 17 heavy (non-hydrogen) atoms. The molecule has 1 rings (SSSR count). The van der Waals surface area contributed by atoms with Crippen LogP contribution in [0, 0.1) is 5.82 Å². The van der Waals surface area contributed by atoms with Gasteiger partial charge in [-0.2, -0.15) is 0 Å². The third-order valence-corrected chi connectivity index (χ3v) is 2.53. The van der Waals surface area contributed by atoms with Gasteiger partial charge in [-0.1, -0.05) is 6.07 Å². The molecule has 0 aliphatic heterocycles. The molecular formula is C13H18FNO2. The molecule has 1 aromatic rings. The Hall–Kier alpha value is -1.42. The van der Waals surface area contributed by atoms with Gasteiger partial charge in [-0.3, -0.25) is 4.79 Å². The number of nitrogens with zero attached hydrogens (tertiary/aromatic N) is 1. The first kappa shape index (κ1) is 13.6. The molecule has 0 aromatic heterocycles. The van der Waals surface area contributed by atoms with Crippen molar-refractivity contribution in [2.45, 2.75) is 13.8 Å². The minimum Gasteiger partial charge on any atom is -0.380 e. The highest BCUT2D eigenvalue weighted by molar-refractivity contribution is 5.99. The molecule has 3 nitrogen and oxygen atoms in total. The van der Waals surface area contributed by atoms with E-state index in [0.29, 0.717) is 25.4 Å². The van der Waals surface area contributed by atoms with Crippen molar-refractivity contribution in [3.8, 4) is 0 Å². The minimum absolute atomic E-state index is 0.145. The van der Waals surface area contributed by atoms with Gasteiger partial charge in [0, 0.05) is 20.2 Å². The van der Waals surface area contributed by atoms with Crippen LogP contribution in [0.1, 0.15) is 24.2 Å². The van der Waals surface area contributed by atoms with Crippen LogP contribution >= 0.6 is 0 Å². The predicted octanol–water partition coefficient (Wildman–Crippen LogP) is 2.50. The lowest BCUT2D eigenvalue weighted by atomic mass is 10.1. The van der Waals surface area contributed by atoms with Gasteiger partial charge in [-0.25, -0.2) is 4.39 Å². The van der Waals surface area contributed by atoms with Gasteiger partial charge in [0.15, 0.2) is 5.78 Å². The Kier molecular flexibility index (Phi) is 5.10. The Morgan fingerprint density at radius 1 is 1.47 bits per heavy atom. The van der Waals surface area contributed by atoms with Crippen LogP contribution in [0.15, 0.2) is 18.2 Å². The second-order valence-electron chi connectivity index (χ2n) is 3.81. The highest BCUT2D eigenvalue weighted by atomic mass is 19.1. The van der Waals surface area contributed by atoms with Crippen molar-refractivity contribution in [3.05, 3.63) is 29.6 Å². The predicted molar refractivity (Wildman–Crippen MR) is 66.2 cm³/mol. The number of rotatable bonds is 6. The Balaban J connectivity index is 2.89. The summed E-state index contributed by atoms with van der Waals surface area (Å²) in [4.78, 5) is 13.3. The second-order valence-corrected chi connectivity index (χ2v) is 3.81. The van der Waals surface area contributed by atoms with Crippen LogP contribution in [0.4, 0.5) is 10.1 Å². The van der Waals surface area contributed by atoms with Crippen molar-refractivity contribution >= 4 is 11.5 Å². The van der Waals surface area contributed by atoms with Crippen LogP contribution in [-0.4, -0.2) is 32.6 Å². The smallest absolute Gasteiger partial charge is 0.164 e. The summed E-state index contributed by atoms with van der Waals surface area (Å²) in [6.07, 6.45) is 0. The van der Waals surface area contributed by atoms with Crippen LogP contribution in [-0.2, 0) is 4.74 Å². The van der Waals surface area contributed by atoms with Gasteiger partial charge in [0.2, 0.25) is 0 Å². The van der Waals surface area contributed by atoms with Gasteiger partial charge >= 0.3 is 0 Å². The standard InChI is InChI=1S/C13H18FNO2/c1-4-17-9-8-15(3)12-7-5-6-11(14)13(12)10(2)16/h5-7H,4,8-9H2,1-3H3. The topological polar surface area (TPSA) is 29.5 Å². The molecule has 0 spiro atoms. The average molecular weight is 239 g/mol. The molecule has 0 saturated heterocycles. The fourth-order valence-corrected chi connectivity index (χ4v) is 1.65.